The van der Waals surface area contributed by atoms with Gasteiger partial charge in [-0.3, -0.25) is 0 Å². The van der Waals surface area contributed by atoms with Crippen molar-refractivity contribution in [2.24, 2.45) is 5.92 Å². The Kier molecular flexibility index (Phi) is 4.28. The number of fused-ring (bicyclic) bond motifs is 5. The van der Waals surface area contributed by atoms with E-state index in [1.807, 2.05) is 12.1 Å². The van der Waals surface area contributed by atoms with E-state index in [0.717, 1.165) is 33.9 Å². The van der Waals surface area contributed by atoms with Crippen molar-refractivity contribution < 1.29 is 4.42 Å². The van der Waals surface area contributed by atoms with Crippen molar-refractivity contribution in [2.75, 3.05) is 4.90 Å². The van der Waals surface area contributed by atoms with Crippen molar-refractivity contribution in [2.45, 2.75) is 18.9 Å². The van der Waals surface area contributed by atoms with Gasteiger partial charge in [0.05, 0.1) is 6.04 Å². The second kappa shape index (κ2) is 7.36. The van der Waals surface area contributed by atoms with Crippen molar-refractivity contribution in [3.63, 3.8) is 0 Å². The van der Waals surface area contributed by atoms with E-state index in [0.29, 0.717) is 12.0 Å². The van der Waals surface area contributed by atoms with E-state index >= 15 is 0 Å². The first-order chi connectivity index (χ1) is 16.3. The van der Waals surface area contributed by atoms with Crippen LogP contribution in [0.25, 0.3) is 27.5 Å². The van der Waals surface area contributed by atoms with Gasteiger partial charge in [0.2, 0.25) is 0 Å². The van der Waals surface area contributed by atoms with E-state index < -0.39 is 0 Å². The Balaban J connectivity index is 1.36. The average Bonchev–Trinajstić information content (AvgIpc) is 3.39. The van der Waals surface area contributed by atoms with E-state index in [1.54, 1.807) is 0 Å². The van der Waals surface area contributed by atoms with Gasteiger partial charge in [0.15, 0.2) is 0 Å². The van der Waals surface area contributed by atoms with Crippen LogP contribution in [0.5, 0.6) is 0 Å². The summed E-state index contributed by atoms with van der Waals surface area (Å²) < 4.78 is 7.19. The number of hydrogen-bond acceptors (Lipinski definition) is 2. The van der Waals surface area contributed by atoms with Gasteiger partial charge in [-0.2, -0.15) is 0 Å². The maximum atomic E-state index is 6.12. The quantitative estimate of drug-likeness (QED) is 0.279. The summed E-state index contributed by atoms with van der Waals surface area (Å²) in [4.78, 5) is 2.56. The van der Waals surface area contributed by atoms with Crippen LogP contribution in [0, 0.1) is 5.92 Å². The van der Waals surface area contributed by atoms with Crippen molar-refractivity contribution in [3.8, 4) is 0 Å². The van der Waals surface area contributed by atoms with Crippen molar-refractivity contribution in [1.29, 1.82) is 0 Å². The molecule has 33 heavy (non-hydrogen) atoms. The minimum Gasteiger partial charge on any atom is -0.456 e. The molecule has 3 aromatic carbocycles. The lowest BCUT2D eigenvalue weighted by Gasteiger charge is -2.32. The summed E-state index contributed by atoms with van der Waals surface area (Å²) in [5, 5.41) is 2.32. The number of benzene rings is 3. The van der Waals surface area contributed by atoms with Crippen LogP contribution in [0.4, 0.5) is 5.69 Å². The summed E-state index contributed by atoms with van der Waals surface area (Å²) in [5.74, 6) is 0.364. The predicted molar refractivity (Wildman–Crippen MR) is 140 cm³/mol. The van der Waals surface area contributed by atoms with E-state index in [-0.39, 0.29) is 0 Å². The molecule has 2 aliphatic carbocycles. The first-order valence-electron chi connectivity index (χ1n) is 11.5. The van der Waals surface area contributed by atoms with Crippen LogP contribution in [0.2, 0.25) is 0 Å². The number of anilines is 1. The van der Waals surface area contributed by atoms with Gasteiger partial charge in [0.25, 0.3) is 0 Å². The third-order valence-corrected chi connectivity index (χ3v) is 7.62. The number of halogens is 1. The second-order valence-corrected chi connectivity index (χ2v) is 9.92. The monoisotopic (exact) mass is 491 g/mol. The van der Waals surface area contributed by atoms with Crippen LogP contribution in [-0.2, 0) is 0 Å². The summed E-state index contributed by atoms with van der Waals surface area (Å²) in [5.41, 5.74) is 8.61. The van der Waals surface area contributed by atoms with Crippen LogP contribution < -0.4 is 4.90 Å². The van der Waals surface area contributed by atoms with Gasteiger partial charge < -0.3 is 9.32 Å². The molecule has 0 radical (unpaired) electrons. The largest absolute Gasteiger partial charge is 0.456 e. The number of nitrogens with zero attached hydrogens (tertiary/aromatic N) is 1. The normalized spacial score (nSPS) is 21.6. The van der Waals surface area contributed by atoms with E-state index in [2.05, 4.69) is 106 Å². The minimum atomic E-state index is 0.299. The molecule has 0 spiro atoms. The summed E-state index contributed by atoms with van der Waals surface area (Å²) in [6, 6.07) is 23.9. The average molecular weight is 492 g/mol. The number of rotatable bonds is 2. The Hall–Kier alpha value is -3.30. The highest BCUT2D eigenvalue weighted by Gasteiger charge is 2.39. The Morgan fingerprint density at radius 3 is 2.58 bits per heavy atom. The van der Waals surface area contributed by atoms with Gasteiger partial charge >= 0.3 is 0 Å². The molecule has 0 saturated heterocycles. The fourth-order valence-electron chi connectivity index (χ4n) is 5.64. The molecule has 3 heteroatoms. The van der Waals surface area contributed by atoms with Crippen LogP contribution >= 0.6 is 15.9 Å². The van der Waals surface area contributed by atoms with Gasteiger partial charge in [-0.15, -0.1) is 0 Å². The number of furan rings is 1. The molecule has 0 saturated carbocycles. The molecule has 1 aliphatic heterocycles. The molecule has 0 bridgehead atoms. The highest BCUT2D eigenvalue weighted by Crippen LogP contribution is 2.47. The van der Waals surface area contributed by atoms with Crippen molar-refractivity contribution in [3.05, 3.63) is 118 Å². The summed E-state index contributed by atoms with van der Waals surface area (Å²) in [7, 11) is 0. The zero-order valence-electron chi connectivity index (χ0n) is 18.0. The smallest absolute Gasteiger partial charge is 0.135 e. The zero-order chi connectivity index (χ0) is 21.9. The van der Waals surface area contributed by atoms with Gasteiger partial charge in [-0.1, -0.05) is 76.6 Å². The Labute approximate surface area is 201 Å². The fraction of sp³-hybridized carbons (Fsp3) is 0.133. The Bertz CT molecular complexity index is 1540. The molecule has 2 unspecified atom stereocenters. The standard InChI is InChI=1S/C30H22BrNO/c31-21-11-14-29-25(17-21)26-18-22(12-15-30(26)33-29)32-27-9-5-4-8-23(27)24-16-20(10-13-28(24)32)19-6-2-1-3-7-19/h1-4,6-8,10-18,24,28H,5,9H2. The molecule has 7 rings (SSSR count). The van der Waals surface area contributed by atoms with E-state index in [4.69, 9.17) is 4.42 Å². The molecular weight excluding hydrogens is 470 g/mol. The topological polar surface area (TPSA) is 16.4 Å². The molecule has 0 fully saturated rings. The fourth-order valence-corrected chi connectivity index (χ4v) is 6.00. The van der Waals surface area contributed by atoms with E-state index in [1.165, 1.54) is 33.5 Å². The maximum absolute atomic E-state index is 6.12. The van der Waals surface area contributed by atoms with Crippen LogP contribution in [0.3, 0.4) is 0 Å². The minimum absolute atomic E-state index is 0.299. The van der Waals surface area contributed by atoms with Crippen LogP contribution in [0.15, 0.2) is 117 Å². The first kappa shape index (κ1) is 19.2. The van der Waals surface area contributed by atoms with Gasteiger partial charge in [0, 0.05) is 32.5 Å². The SMILES string of the molecule is Brc1ccc2oc3ccc(N4C5=C(C=CCC5)C5C=C(c6ccccc6)C=CC54)cc3c2c1. The van der Waals surface area contributed by atoms with Crippen LogP contribution in [0.1, 0.15) is 18.4 Å². The molecule has 160 valence electrons. The number of hydrogen-bond donors (Lipinski definition) is 0. The molecule has 2 atom stereocenters. The second-order valence-electron chi connectivity index (χ2n) is 9.00. The van der Waals surface area contributed by atoms with E-state index in [9.17, 15) is 0 Å². The Morgan fingerprint density at radius 1 is 0.879 bits per heavy atom. The molecule has 2 nitrogen and oxygen atoms in total. The maximum Gasteiger partial charge on any atom is 0.135 e. The third kappa shape index (κ3) is 2.99. The molecule has 4 aromatic rings. The molecule has 1 aromatic heterocycles. The lowest BCUT2D eigenvalue weighted by molar-refractivity contribution is 0.668. The zero-order valence-corrected chi connectivity index (χ0v) is 19.6. The lowest BCUT2D eigenvalue weighted by Crippen LogP contribution is -2.33. The van der Waals surface area contributed by atoms with Crippen LogP contribution in [-0.4, -0.2) is 6.04 Å². The summed E-state index contributed by atoms with van der Waals surface area (Å²) >= 11 is 3.62. The Morgan fingerprint density at radius 2 is 1.70 bits per heavy atom. The predicted octanol–water partition coefficient (Wildman–Crippen LogP) is 8.41. The molecule has 2 heterocycles. The van der Waals surface area contributed by atoms with Gasteiger partial charge in [-0.25, -0.2) is 0 Å². The highest BCUT2D eigenvalue weighted by molar-refractivity contribution is 9.10. The molecule has 3 aliphatic rings. The third-order valence-electron chi connectivity index (χ3n) is 7.13. The molecule has 0 amide bonds. The van der Waals surface area contributed by atoms with Crippen molar-refractivity contribution >= 4 is 49.1 Å². The molecular formula is C30H22BrNO. The van der Waals surface area contributed by atoms with Gasteiger partial charge in [0.1, 0.15) is 11.2 Å². The van der Waals surface area contributed by atoms with Gasteiger partial charge in [-0.05, 0) is 65.9 Å². The summed E-state index contributed by atoms with van der Waals surface area (Å²) in [6.45, 7) is 0. The highest BCUT2D eigenvalue weighted by atomic mass is 79.9. The summed E-state index contributed by atoms with van der Waals surface area (Å²) in [6.07, 6.45) is 14.0. The lowest BCUT2D eigenvalue weighted by atomic mass is 9.84. The van der Waals surface area contributed by atoms with Crippen molar-refractivity contribution in [1.82, 2.24) is 0 Å². The number of allylic oxidation sites excluding steroid dienone is 5. The molecule has 0 N–H and O–H groups in total. The first-order valence-corrected chi connectivity index (χ1v) is 12.3.